The van der Waals surface area contributed by atoms with Gasteiger partial charge < -0.3 is 9.47 Å². The van der Waals surface area contributed by atoms with E-state index in [9.17, 15) is 0 Å². The molecule has 5 nitrogen and oxygen atoms in total. The monoisotopic (exact) mass is 387 g/mol. The number of hydrogen-bond donors (Lipinski definition) is 0. The molecule has 0 bridgehead atoms. The Bertz CT molecular complexity index is 954. The van der Waals surface area contributed by atoms with E-state index in [1.54, 1.807) is 36.9 Å². The average molecular weight is 388 g/mol. The van der Waals surface area contributed by atoms with Crippen molar-refractivity contribution in [3.05, 3.63) is 50.8 Å². The van der Waals surface area contributed by atoms with Crippen LogP contribution in [-0.2, 0) is 0 Å². The molecule has 7 heteroatoms. The molecule has 0 N–H and O–H groups in total. The summed E-state index contributed by atoms with van der Waals surface area (Å²) in [7, 11) is 3.30. The maximum absolute atomic E-state index is 5.57. The number of hydrogen-bond acceptors (Lipinski definition) is 6. The molecule has 1 aromatic carbocycles. The van der Waals surface area contributed by atoms with E-state index in [0.29, 0.717) is 0 Å². The van der Waals surface area contributed by atoms with Gasteiger partial charge in [-0.2, -0.15) is 5.10 Å². The van der Waals surface area contributed by atoms with Gasteiger partial charge in [0.25, 0.3) is 0 Å². The van der Waals surface area contributed by atoms with Gasteiger partial charge in [-0.25, -0.2) is 4.68 Å². The summed E-state index contributed by atoms with van der Waals surface area (Å²) in [5.74, 6) is 1.49. The van der Waals surface area contributed by atoms with Crippen LogP contribution in [-0.4, -0.2) is 31.2 Å². The smallest absolute Gasteiger partial charge is 0.206 e. The number of ether oxygens (including phenoxy) is 2. The number of thiophene rings is 1. The van der Waals surface area contributed by atoms with Gasteiger partial charge in [0, 0.05) is 27.9 Å². The van der Waals surface area contributed by atoms with Gasteiger partial charge in [0.1, 0.15) is 11.5 Å². The van der Waals surface area contributed by atoms with Crippen molar-refractivity contribution < 1.29 is 9.47 Å². The lowest BCUT2D eigenvalue weighted by atomic mass is 10.1. The van der Waals surface area contributed by atoms with Crippen molar-refractivity contribution in [1.29, 1.82) is 0 Å². The van der Waals surface area contributed by atoms with Gasteiger partial charge in [0.05, 0.1) is 26.1 Å². The molecule has 3 aromatic rings. The summed E-state index contributed by atoms with van der Waals surface area (Å²) in [6, 6.07) is 10.0. The van der Waals surface area contributed by atoms with Crippen molar-refractivity contribution in [2.24, 2.45) is 10.1 Å². The first-order valence-electron chi connectivity index (χ1n) is 8.17. The van der Waals surface area contributed by atoms with Crippen molar-refractivity contribution in [1.82, 2.24) is 4.68 Å². The van der Waals surface area contributed by atoms with E-state index in [-0.39, 0.29) is 6.04 Å². The summed E-state index contributed by atoms with van der Waals surface area (Å²) >= 11 is 3.21. The molecule has 136 valence electrons. The van der Waals surface area contributed by atoms with Crippen molar-refractivity contribution in [2.45, 2.75) is 19.9 Å². The van der Waals surface area contributed by atoms with Crippen LogP contribution in [0.5, 0.6) is 11.5 Å². The molecule has 0 fully saturated rings. The largest absolute Gasteiger partial charge is 0.497 e. The van der Waals surface area contributed by atoms with Crippen LogP contribution in [0.15, 0.2) is 51.2 Å². The Morgan fingerprint density at radius 1 is 1.12 bits per heavy atom. The standard InChI is InChI=1S/C19H21N3O2S2/c1-13(2)21-19-22(20-11-15-6-5-9-25-15)17(12-26-19)16-8-7-14(23-3)10-18(16)24-4/h5-13H,1-4H3. The Balaban J connectivity index is 2.15. The second kappa shape index (κ2) is 8.33. The fourth-order valence-corrected chi connectivity index (χ4v) is 3.94. The Kier molecular flexibility index (Phi) is 5.90. The fraction of sp³-hybridized carbons (Fsp3) is 0.263. The number of aromatic nitrogens is 1. The molecule has 0 radical (unpaired) electrons. The van der Waals surface area contributed by atoms with Gasteiger partial charge in [-0.15, -0.1) is 22.7 Å². The molecule has 0 spiro atoms. The van der Waals surface area contributed by atoms with Crippen LogP contribution in [0.2, 0.25) is 0 Å². The summed E-state index contributed by atoms with van der Waals surface area (Å²) < 4.78 is 12.7. The lowest BCUT2D eigenvalue weighted by Gasteiger charge is -2.11. The van der Waals surface area contributed by atoms with Crippen LogP contribution >= 0.6 is 22.7 Å². The first-order chi connectivity index (χ1) is 12.6. The molecular weight excluding hydrogens is 366 g/mol. The summed E-state index contributed by atoms with van der Waals surface area (Å²) in [6.45, 7) is 4.11. The minimum atomic E-state index is 0.183. The van der Waals surface area contributed by atoms with E-state index in [4.69, 9.17) is 14.5 Å². The number of methoxy groups -OCH3 is 2. The Morgan fingerprint density at radius 3 is 2.62 bits per heavy atom. The van der Waals surface area contributed by atoms with Gasteiger partial charge in [-0.1, -0.05) is 6.07 Å². The number of rotatable bonds is 6. The molecular formula is C19H21N3O2S2. The second-order valence-corrected chi connectivity index (χ2v) is 7.58. The molecule has 3 rings (SSSR count). The first-order valence-corrected chi connectivity index (χ1v) is 9.93. The third-order valence-corrected chi connectivity index (χ3v) is 5.22. The molecule has 0 aliphatic heterocycles. The van der Waals surface area contributed by atoms with E-state index >= 15 is 0 Å². The predicted molar refractivity (Wildman–Crippen MR) is 109 cm³/mol. The van der Waals surface area contributed by atoms with Gasteiger partial charge in [-0.05, 0) is 37.4 Å². The average Bonchev–Trinajstić information content (AvgIpc) is 3.28. The minimum Gasteiger partial charge on any atom is -0.497 e. The highest BCUT2D eigenvalue weighted by molar-refractivity contribution is 7.11. The highest BCUT2D eigenvalue weighted by atomic mass is 32.1. The maximum atomic E-state index is 5.57. The molecule has 0 saturated heterocycles. The third-order valence-electron chi connectivity index (χ3n) is 3.58. The fourth-order valence-electron chi connectivity index (χ4n) is 2.40. The SMILES string of the molecule is COc1ccc(-c2csc(=NC(C)C)n2N=Cc2cccs2)c(OC)c1. The van der Waals surface area contributed by atoms with Gasteiger partial charge >= 0.3 is 0 Å². The van der Waals surface area contributed by atoms with Crippen LogP contribution in [0.4, 0.5) is 0 Å². The second-order valence-electron chi connectivity index (χ2n) is 5.76. The van der Waals surface area contributed by atoms with E-state index in [1.807, 2.05) is 46.6 Å². The molecule has 2 aromatic heterocycles. The number of benzene rings is 1. The quantitative estimate of drug-likeness (QED) is 0.585. The normalized spacial score (nSPS) is 12.3. The van der Waals surface area contributed by atoms with E-state index in [0.717, 1.165) is 32.4 Å². The highest BCUT2D eigenvalue weighted by Gasteiger charge is 2.14. The Labute approximate surface area is 160 Å². The van der Waals surface area contributed by atoms with Crippen molar-refractivity contribution >= 4 is 28.9 Å². The molecule has 26 heavy (non-hydrogen) atoms. The molecule has 0 amide bonds. The molecule has 0 saturated carbocycles. The van der Waals surface area contributed by atoms with Crippen LogP contribution in [0.3, 0.4) is 0 Å². The summed E-state index contributed by atoms with van der Waals surface area (Å²) in [5, 5.41) is 8.78. The van der Waals surface area contributed by atoms with Crippen LogP contribution in [0.25, 0.3) is 11.3 Å². The number of thiazole rings is 1. The van der Waals surface area contributed by atoms with Gasteiger partial charge in [0.15, 0.2) is 0 Å². The molecule has 2 heterocycles. The van der Waals surface area contributed by atoms with Crippen LogP contribution < -0.4 is 14.3 Å². The van der Waals surface area contributed by atoms with Gasteiger partial charge in [0.2, 0.25) is 4.80 Å². The molecule has 0 aliphatic rings. The van der Waals surface area contributed by atoms with Crippen LogP contribution in [0, 0.1) is 0 Å². The predicted octanol–water partition coefficient (Wildman–Crippen LogP) is 4.49. The van der Waals surface area contributed by atoms with E-state index in [2.05, 4.69) is 24.3 Å². The van der Waals surface area contributed by atoms with Crippen molar-refractivity contribution in [3.63, 3.8) is 0 Å². The Morgan fingerprint density at radius 2 is 1.96 bits per heavy atom. The zero-order valence-corrected chi connectivity index (χ0v) is 16.8. The lowest BCUT2D eigenvalue weighted by molar-refractivity contribution is 0.395. The van der Waals surface area contributed by atoms with Gasteiger partial charge in [-0.3, -0.25) is 4.99 Å². The van der Waals surface area contributed by atoms with E-state index < -0.39 is 0 Å². The third kappa shape index (κ3) is 4.05. The minimum absolute atomic E-state index is 0.183. The molecule has 0 atom stereocenters. The molecule has 0 unspecified atom stereocenters. The first kappa shape index (κ1) is 18.4. The summed E-state index contributed by atoms with van der Waals surface area (Å²) in [6.07, 6.45) is 1.86. The summed E-state index contributed by atoms with van der Waals surface area (Å²) in [5.41, 5.74) is 1.87. The maximum Gasteiger partial charge on any atom is 0.206 e. The Hall–Kier alpha value is -2.38. The topological polar surface area (TPSA) is 48.1 Å². The van der Waals surface area contributed by atoms with Crippen molar-refractivity contribution in [3.8, 4) is 22.8 Å². The lowest BCUT2D eigenvalue weighted by Crippen LogP contribution is -2.14. The number of nitrogens with zero attached hydrogens (tertiary/aromatic N) is 3. The highest BCUT2D eigenvalue weighted by Crippen LogP contribution is 2.33. The summed E-state index contributed by atoms with van der Waals surface area (Å²) in [4.78, 5) is 6.64. The zero-order valence-electron chi connectivity index (χ0n) is 15.2. The van der Waals surface area contributed by atoms with Crippen molar-refractivity contribution in [2.75, 3.05) is 14.2 Å². The molecule has 0 aliphatic carbocycles. The zero-order chi connectivity index (χ0) is 18.5. The van der Waals surface area contributed by atoms with E-state index in [1.165, 1.54) is 0 Å². The van der Waals surface area contributed by atoms with Crippen LogP contribution in [0.1, 0.15) is 18.7 Å².